The molecular formula is C29H27N5O3S. The van der Waals surface area contributed by atoms with Crippen molar-refractivity contribution >= 4 is 45.4 Å². The van der Waals surface area contributed by atoms with Crippen LogP contribution in [0.4, 0.5) is 0 Å². The van der Waals surface area contributed by atoms with Crippen LogP contribution in [-0.2, 0) is 11.3 Å². The van der Waals surface area contributed by atoms with E-state index in [4.69, 9.17) is 9.47 Å². The number of aromatic nitrogens is 3. The van der Waals surface area contributed by atoms with E-state index in [9.17, 15) is 4.79 Å². The molecule has 0 radical (unpaired) electrons. The summed E-state index contributed by atoms with van der Waals surface area (Å²) >= 11 is 1.31. The summed E-state index contributed by atoms with van der Waals surface area (Å²) in [6, 6.07) is 24.1. The summed E-state index contributed by atoms with van der Waals surface area (Å²) in [4.78, 5) is 12.6. The Labute approximate surface area is 224 Å². The SMILES string of the molecule is CCn1c(SCC(=O)N/N=C/c2c3ccccc3cc3ccccc23)nnc1-c1ccc(OC)c(OC)c1. The quantitative estimate of drug-likeness (QED) is 0.118. The molecule has 5 aromatic rings. The number of hydrogen-bond donors (Lipinski definition) is 1. The van der Waals surface area contributed by atoms with Crippen LogP contribution in [0, 0.1) is 0 Å². The van der Waals surface area contributed by atoms with Gasteiger partial charge in [-0.1, -0.05) is 60.3 Å². The molecule has 192 valence electrons. The highest BCUT2D eigenvalue weighted by Gasteiger charge is 2.16. The molecule has 0 saturated carbocycles. The van der Waals surface area contributed by atoms with Gasteiger partial charge in [0, 0.05) is 17.7 Å². The minimum atomic E-state index is -0.228. The van der Waals surface area contributed by atoms with Crippen molar-refractivity contribution in [3.63, 3.8) is 0 Å². The summed E-state index contributed by atoms with van der Waals surface area (Å²) in [5.74, 6) is 1.87. The van der Waals surface area contributed by atoms with Crippen LogP contribution in [0.5, 0.6) is 11.5 Å². The summed E-state index contributed by atoms with van der Waals surface area (Å²) in [5.41, 5.74) is 4.47. The van der Waals surface area contributed by atoms with Crippen molar-refractivity contribution in [2.45, 2.75) is 18.6 Å². The maximum absolute atomic E-state index is 12.6. The molecule has 0 spiro atoms. The molecule has 0 fully saturated rings. The van der Waals surface area contributed by atoms with Gasteiger partial charge in [0.1, 0.15) is 0 Å². The van der Waals surface area contributed by atoms with Crippen LogP contribution in [0.25, 0.3) is 32.9 Å². The Bertz CT molecular complexity index is 1590. The Kier molecular flexibility index (Phi) is 7.55. The van der Waals surface area contributed by atoms with Crippen LogP contribution < -0.4 is 14.9 Å². The Morgan fingerprint density at radius 2 is 1.63 bits per heavy atom. The maximum atomic E-state index is 12.6. The van der Waals surface area contributed by atoms with Crippen molar-refractivity contribution < 1.29 is 14.3 Å². The van der Waals surface area contributed by atoms with E-state index in [1.807, 2.05) is 54.0 Å². The lowest BCUT2D eigenvalue weighted by Crippen LogP contribution is -2.20. The number of amides is 1. The van der Waals surface area contributed by atoms with E-state index in [0.717, 1.165) is 32.7 Å². The monoisotopic (exact) mass is 525 g/mol. The van der Waals surface area contributed by atoms with Gasteiger partial charge in [-0.25, -0.2) is 5.43 Å². The van der Waals surface area contributed by atoms with Crippen molar-refractivity contribution in [2.24, 2.45) is 5.10 Å². The van der Waals surface area contributed by atoms with Gasteiger partial charge in [-0.3, -0.25) is 4.79 Å². The number of carbonyl (C=O) groups is 1. The highest BCUT2D eigenvalue weighted by atomic mass is 32.2. The van der Waals surface area contributed by atoms with Gasteiger partial charge in [-0.05, 0) is 52.7 Å². The summed E-state index contributed by atoms with van der Waals surface area (Å²) in [6.07, 6.45) is 1.72. The van der Waals surface area contributed by atoms with Crippen LogP contribution in [0.2, 0.25) is 0 Å². The number of methoxy groups -OCH3 is 2. The second kappa shape index (κ2) is 11.4. The third-order valence-corrected chi connectivity index (χ3v) is 7.17. The fraction of sp³-hybridized carbons (Fsp3) is 0.172. The fourth-order valence-electron chi connectivity index (χ4n) is 4.39. The topological polar surface area (TPSA) is 90.6 Å². The van der Waals surface area contributed by atoms with Crippen LogP contribution >= 0.6 is 11.8 Å². The molecule has 0 aliphatic heterocycles. The van der Waals surface area contributed by atoms with Gasteiger partial charge in [0.2, 0.25) is 0 Å². The number of hydrogen-bond acceptors (Lipinski definition) is 7. The molecular weight excluding hydrogens is 498 g/mol. The zero-order valence-electron chi connectivity index (χ0n) is 21.3. The van der Waals surface area contributed by atoms with Crippen molar-refractivity contribution in [3.05, 3.63) is 78.4 Å². The molecule has 9 heteroatoms. The molecule has 38 heavy (non-hydrogen) atoms. The minimum Gasteiger partial charge on any atom is -0.493 e. The summed E-state index contributed by atoms with van der Waals surface area (Å²) in [7, 11) is 3.19. The molecule has 5 rings (SSSR count). The Hall–Kier alpha value is -4.37. The lowest BCUT2D eigenvalue weighted by molar-refractivity contribution is -0.118. The van der Waals surface area contributed by atoms with Gasteiger partial charge in [0.15, 0.2) is 22.5 Å². The van der Waals surface area contributed by atoms with E-state index in [-0.39, 0.29) is 11.7 Å². The molecule has 0 saturated heterocycles. The number of nitrogens with zero attached hydrogens (tertiary/aromatic N) is 4. The molecule has 0 atom stereocenters. The first-order valence-electron chi connectivity index (χ1n) is 12.1. The number of hydrazone groups is 1. The lowest BCUT2D eigenvalue weighted by atomic mass is 9.97. The number of carbonyl (C=O) groups excluding carboxylic acids is 1. The van der Waals surface area contributed by atoms with E-state index in [1.165, 1.54) is 11.8 Å². The predicted octanol–water partition coefficient (Wildman–Crippen LogP) is 5.53. The molecule has 8 nitrogen and oxygen atoms in total. The standard InChI is InChI=1S/C29H27N5O3S/c1-4-34-28(21-13-14-25(36-2)26(16-21)37-3)32-33-29(34)38-18-27(35)31-30-17-24-22-11-7-5-9-19(22)15-20-10-6-8-12-23(20)24/h5-17H,4,18H2,1-3H3,(H,31,35)/b30-17+. The van der Waals surface area contributed by atoms with Gasteiger partial charge in [-0.15, -0.1) is 10.2 Å². The first-order chi connectivity index (χ1) is 18.6. The highest BCUT2D eigenvalue weighted by molar-refractivity contribution is 7.99. The van der Waals surface area contributed by atoms with E-state index >= 15 is 0 Å². The summed E-state index contributed by atoms with van der Waals surface area (Å²) < 4.78 is 12.7. The molecule has 1 amide bonds. The van der Waals surface area contributed by atoms with Crippen LogP contribution in [0.3, 0.4) is 0 Å². The van der Waals surface area contributed by atoms with Gasteiger partial charge in [-0.2, -0.15) is 5.10 Å². The van der Waals surface area contributed by atoms with Crippen LogP contribution in [0.15, 0.2) is 83.1 Å². The molecule has 1 heterocycles. The zero-order valence-corrected chi connectivity index (χ0v) is 22.2. The largest absolute Gasteiger partial charge is 0.493 e. The molecule has 0 aliphatic rings. The van der Waals surface area contributed by atoms with Crippen molar-refractivity contribution in [1.29, 1.82) is 0 Å². The van der Waals surface area contributed by atoms with E-state index < -0.39 is 0 Å². The van der Waals surface area contributed by atoms with E-state index in [2.05, 4.69) is 51.1 Å². The first-order valence-corrected chi connectivity index (χ1v) is 13.1. The van der Waals surface area contributed by atoms with Crippen LogP contribution in [-0.4, -0.2) is 46.9 Å². The number of ether oxygens (including phenoxy) is 2. The average molecular weight is 526 g/mol. The van der Waals surface area contributed by atoms with Crippen molar-refractivity contribution in [2.75, 3.05) is 20.0 Å². The van der Waals surface area contributed by atoms with Gasteiger partial charge < -0.3 is 14.0 Å². The molecule has 1 aromatic heterocycles. The molecule has 0 aliphatic carbocycles. The minimum absolute atomic E-state index is 0.150. The highest BCUT2D eigenvalue weighted by Crippen LogP contribution is 2.33. The molecule has 4 aromatic carbocycles. The van der Waals surface area contributed by atoms with Crippen LogP contribution in [0.1, 0.15) is 12.5 Å². The third-order valence-electron chi connectivity index (χ3n) is 6.20. The summed E-state index contributed by atoms with van der Waals surface area (Å²) in [6.45, 7) is 2.66. The molecule has 0 bridgehead atoms. The zero-order chi connectivity index (χ0) is 26.5. The second-order valence-electron chi connectivity index (χ2n) is 8.43. The Morgan fingerprint density at radius 1 is 0.947 bits per heavy atom. The maximum Gasteiger partial charge on any atom is 0.250 e. The van der Waals surface area contributed by atoms with Crippen molar-refractivity contribution in [3.8, 4) is 22.9 Å². The Morgan fingerprint density at radius 3 is 2.29 bits per heavy atom. The number of nitrogens with one attached hydrogen (secondary N) is 1. The second-order valence-corrected chi connectivity index (χ2v) is 9.38. The molecule has 1 N–H and O–H groups in total. The number of rotatable bonds is 9. The normalized spacial score (nSPS) is 11.3. The molecule has 0 unspecified atom stereocenters. The van der Waals surface area contributed by atoms with E-state index in [1.54, 1.807) is 20.4 Å². The predicted molar refractivity (Wildman–Crippen MR) is 152 cm³/mol. The lowest BCUT2D eigenvalue weighted by Gasteiger charge is -2.10. The van der Waals surface area contributed by atoms with Gasteiger partial charge in [0.05, 0.1) is 26.2 Å². The van der Waals surface area contributed by atoms with E-state index in [0.29, 0.717) is 29.0 Å². The summed E-state index contributed by atoms with van der Waals surface area (Å²) in [5, 5.41) is 18.0. The number of fused-ring (bicyclic) bond motifs is 2. The first kappa shape index (κ1) is 25.3. The average Bonchev–Trinajstić information content (AvgIpc) is 3.38. The number of benzene rings is 4. The smallest absolute Gasteiger partial charge is 0.250 e. The fourth-order valence-corrected chi connectivity index (χ4v) is 5.18. The number of thioether (sulfide) groups is 1. The van der Waals surface area contributed by atoms with Crippen molar-refractivity contribution in [1.82, 2.24) is 20.2 Å². The Balaban J connectivity index is 1.30. The van der Waals surface area contributed by atoms with Gasteiger partial charge in [0.25, 0.3) is 5.91 Å². The van der Waals surface area contributed by atoms with Gasteiger partial charge >= 0.3 is 0 Å². The third kappa shape index (κ3) is 5.05.